The highest BCUT2D eigenvalue weighted by Gasteiger charge is 2.32. The molecule has 2 aromatic carbocycles. The van der Waals surface area contributed by atoms with Gasteiger partial charge in [-0.25, -0.2) is 5.01 Å². The molecule has 1 heterocycles. The lowest BCUT2D eigenvalue weighted by atomic mass is 9.98. The Bertz CT molecular complexity index is 768. The van der Waals surface area contributed by atoms with E-state index in [4.69, 9.17) is 4.74 Å². The summed E-state index contributed by atoms with van der Waals surface area (Å²) in [5, 5.41) is 16.0. The Morgan fingerprint density at radius 3 is 2.58 bits per heavy atom. The van der Waals surface area contributed by atoms with Crippen LogP contribution < -0.4 is 4.74 Å². The number of para-hydroxylation sites is 1. The first-order valence-corrected chi connectivity index (χ1v) is 7.98. The van der Waals surface area contributed by atoms with Crippen LogP contribution >= 0.6 is 0 Å². The van der Waals surface area contributed by atoms with E-state index in [0.717, 1.165) is 11.3 Å². The lowest BCUT2D eigenvalue weighted by Gasteiger charge is -2.20. The van der Waals surface area contributed by atoms with Crippen molar-refractivity contribution in [1.29, 1.82) is 0 Å². The summed E-state index contributed by atoms with van der Waals surface area (Å²) < 4.78 is 5.46. The van der Waals surface area contributed by atoms with Crippen LogP contribution in [0.3, 0.4) is 0 Å². The number of rotatable bonds is 4. The summed E-state index contributed by atoms with van der Waals surface area (Å²) in [4.78, 5) is 12.0. The van der Waals surface area contributed by atoms with E-state index in [1.54, 1.807) is 12.1 Å². The maximum absolute atomic E-state index is 12.0. The Labute approximate surface area is 141 Å². The quantitative estimate of drug-likeness (QED) is 0.936. The summed E-state index contributed by atoms with van der Waals surface area (Å²) in [6, 6.07) is 14.6. The number of hydrogen-bond donors (Lipinski definition) is 1. The molecule has 0 aromatic heterocycles. The highest BCUT2D eigenvalue weighted by Crippen LogP contribution is 2.35. The second-order valence-electron chi connectivity index (χ2n) is 5.65. The van der Waals surface area contributed by atoms with E-state index in [0.29, 0.717) is 24.3 Å². The van der Waals surface area contributed by atoms with Gasteiger partial charge in [0.15, 0.2) is 0 Å². The minimum atomic E-state index is -0.173. The number of nitrogens with zero attached hydrogens (tertiary/aromatic N) is 2. The number of hydrazone groups is 1. The Balaban J connectivity index is 1.89. The number of benzene rings is 2. The smallest absolute Gasteiger partial charge is 0.240 e. The number of ether oxygens (including phenoxy) is 1. The van der Waals surface area contributed by atoms with Crippen molar-refractivity contribution in [3.63, 3.8) is 0 Å². The maximum Gasteiger partial charge on any atom is 0.240 e. The summed E-state index contributed by atoms with van der Waals surface area (Å²) in [7, 11) is 0. The molecule has 0 bridgehead atoms. The molecule has 5 nitrogen and oxygen atoms in total. The summed E-state index contributed by atoms with van der Waals surface area (Å²) in [5.74, 6) is 0.849. The second-order valence-corrected chi connectivity index (χ2v) is 5.65. The van der Waals surface area contributed by atoms with E-state index in [1.165, 1.54) is 11.9 Å². The topological polar surface area (TPSA) is 62.1 Å². The Kier molecular flexibility index (Phi) is 4.51. The van der Waals surface area contributed by atoms with Crippen LogP contribution in [0, 0.1) is 0 Å². The number of phenols is 1. The molecule has 2 aromatic rings. The lowest BCUT2D eigenvalue weighted by molar-refractivity contribution is -0.130. The number of phenolic OH excluding ortho intramolecular Hbond substituents is 1. The van der Waals surface area contributed by atoms with E-state index in [2.05, 4.69) is 5.10 Å². The normalized spacial score (nSPS) is 16.8. The number of amides is 1. The van der Waals surface area contributed by atoms with Gasteiger partial charge in [-0.1, -0.05) is 24.3 Å². The fourth-order valence-corrected chi connectivity index (χ4v) is 2.89. The van der Waals surface area contributed by atoms with Gasteiger partial charge in [0.25, 0.3) is 0 Å². The molecule has 3 rings (SSSR count). The predicted octanol–water partition coefficient (Wildman–Crippen LogP) is 3.49. The standard InChI is InChI=1S/C19H20N2O3/c1-3-24-15-10-8-14(9-11-15)18-12-17(20-21(18)13(2)22)16-6-4-5-7-19(16)23/h4-11,18,23H,3,12H2,1-2H3/t18-/m1/s1. The van der Waals surface area contributed by atoms with Crippen LogP contribution in [-0.2, 0) is 4.79 Å². The van der Waals surface area contributed by atoms with E-state index in [9.17, 15) is 9.90 Å². The first-order valence-electron chi connectivity index (χ1n) is 7.98. The molecule has 1 aliphatic heterocycles. The molecule has 1 N–H and O–H groups in total. The molecular weight excluding hydrogens is 304 g/mol. The fraction of sp³-hybridized carbons (Fsp3) is 0.263. The van der Waals surface area contributed by atoms with Gasteiger partial charge in [0, 0.05) is 18.9 Å². The molecule has 0 unspecified atom stereocenters. The molecule has 0 saturated carbocycles. The zero-order chi connectivity index (χ0) is 17.1. The molecule has 1 atom stereocenters. The van der Waals surface area contributed by atoms with Gasteiger partial charge < -0.3 is 9.84 Å². The van der Waals surface area contributed by atoms with E-state index in [-0.39, 0.29) is 17.7 Å². The van der Waals surface area contributed by atoms with Gasteiger partial charge in [0.1, 0.15) is 11.5 Å². The van der Waals surface area contributed by atoms with Crippen LogP contribution in [0.15, 0.2) is 53.6 Å². The van der Waals surface area contributed by atoms with Gasteiger partial charge in [-0.05, 0) is 36.8 Å². The molecule has 124 valence electrons. The third-order valence-corrected chi connectivity index (χ3v) is 4.02. The van der Waals surface area contributed by atoms with Crippen LogP contribution in [0.5, 0.6) is 11.5 Å². The molecule has 5 heteroatoms. The fourth-order valence-electron chi connectivity index (χ4n) is 2.89. The van der Waals surface area contributed by atoms with Crippen LogP contribution in [-0.4, -0.2) is 28.3 Å². The zero-order valence-electron chi connectivity index (χ0n) is 13.8. The van der Waals surface area contributed by atoms with Crippen LogP contribution in [0.2, 0.25) is 0 Å². The van der Waals surface area contributed by atoms with Crippen LogP contribution in [0.25, 0.3) is 0 Å². The summed E-state index contributed by atoms with van der Waals surface area (Å²) in [5.41, 5.74) is 2.36. The van der Waals surface area contributed by atoms with Gasteiger partial charge in [0.2, 0.25) is 5.91 Å². The van der Waals surface area contributed by atoms with E-state index >= 15 is 0 Å². The maximum atomic E-state index is 12.0. The Hall–Kier alpha value is -2.82. The SMILES string of the molecule is CCOc1ccc([C@H]2CC(c3ccccc3O)=NN2C(C)=O)cc1. The Morgan fingerprint density at radius 1 is 1.25 bits per heavy atom. The van der Waals surface area contributed by atoms with Gasteiger partial charge >= 0.3 is 0 Å². The summed E-state index contributed by atoms with van der Waals surface area (Å²) >= 11 is 0. The molecule has 0 fully saturated rings. The van der Waals surface area contributed by atoms with Crippen molar-refractivity contribution in [2.45, 2.75) is 26.3 Å². The molecule has 0 spiro atoms. The number of aromatic hydroxyl groups is 1. The molecule has 0 aliphatic carbocycles. The van der Waals surface area contributed by atoms with Gasteiger partial charge in [-0.3, -0.25) is 4.79 Å². The van der Waals surface area contributed by atoms with Gasteiger partial charge in [0.05, 0.1) is 18.4 Å². The average Bonchev–Trinajstić information content (AvgIpc) is 3.02. The molecule has 24 heavy (non-hydrogen) atoms. The first-order chi connectivity index (χ1) is 11.6. The van der Waals surface area contributed by atoms with Crippen LogP contribution in [0.4, 0.5) is 0 Å². The molecule has 1 amide bonds. The number of carbonyl (C=O) groups excluding carboxylic acids is 1. The molecule has 0 saturated heterocycles. The first kappa shape index (κ1) is 16.1. The lowest BCUT2D eigenvalue weighted by Crippen LogP contribution is -2.24. The highest BCUT2D eigenvalue weighted by atomic mass is 16.5. The van der Waals surface area contributed by atoms with Crippen molar-refractivity contribution in [2.75, 3.05) is 6.61 Å². The molecule has 1 aliphatic rings. The van der Waals surface area contributed by atoms with Gasteiger partial charge in [-0.2, -0.15) is 5.10 Å². The average molecular weight is 324 g/mol. The number of hydrogen-bond acceptors (Lipinski definition) is 4. The molecule has 0 radical (unpaired) electrons. The minimum absolute atomic E-state index is 0.126. The molecular formula is C19H20N2O3. The number of carbonyl (C=O) groups is 1. The summed E-state index contributed by atoms with van der Waals surface area (Å²) in [6.07, 6.45) is 0.561. The van der Waals surface area contributed by atoms with Crippen molar-refractivity contribution >= 4 is 11.6 Å². The largest absolute Gasteiger partial charge is 0.507 e. The van der Waals surface area contributed by atoms with E-state index in [1.807, 2.05) is 43.3 Å². The third-order valence-electron chi connectivity index (χ3n) is 4.02. The predicted molar refractivity (Wildman–Crippen MR) is 92.1 cm³/mol. The summed E-state index contributed by atoms with van der Waals surface area (Å²) in [6.45, 7) is 4.05. The van der Waals surface area contributed by atoms with Crippen molar-refractivity contribution in [2.24, 2.45) is 5.10 Å². The van der Waals surface area contributed by atoms with Crippen molar-refractivity contribution in [3.8, 4) is 11.5 Å². The van der Waals surface area contributed by atoms with Crippen LogP contribution in [0.1, 0.15) is 37.4 Å². The second kappa shape index (κ2) is 6.74. The van der Waals surface area contributed by atoms with Crippen molar-refractivity contribution in [1.82, 2.24) is 5.01 Å². The minimum Gasteiger partial charge on any atom is -0.507 e. The highest BCUT2D eigenvalue weighted by molar-refractivity contribution is 6.05. The third kappa shape index (κ3) is 3.11. The Morgan fingerprint density at radius 2 is 1.96 bits per heavy atom. The van der Waals surface area contributed by atoms with Crippen molar-refractivity contribution < 1.29 is 14.6 Å². The van der Waals surface area contributed by atoms with Gasteiger partial charge in [-0.15, -0.1) is 0 Å². The monoisotopic (exact) mass is 324 g/mol. The van der Waals surface area contributed by atoms with Crippen molar-refractivity contribution in [3.05, 3.63) is 59.7 Å². The van der Waals surface area contributed by atoms with E-state index < -0.39 is 0 Å². The zero-order valence-corrected chi connectivity index (χ0v) is 13.8.